The van der Waals surface area contributed by atoms with Crippen molar-refractivity contribution >= 4 is 5.78 Å². The van der Waals surface area contributed by atoms with E-state index >= 15 is 0 Å². The van der Waals surface area contributed by atoms with E-state index in [9.17, 15) is 4.79 Å². The van der Waals surface area contributed by atoms with Gasteiger partial charge < -0.3 is 14.2 Å². The molecule has 0 saturated heterocycles. The third-order valence-electron chi connectivity index (χ3n) is 2.97. The summed E-state index contributed by atoms with van der Waals surface area (Å²) in [5.74, 6) is 2.04. The average molecular weight is 234 g/mol. The van der Waals surface area contributed by atoms with Gasteiger partial charge >= 0.3 is 0 Å². The number of ether oxygens (including phenoxy) is 3. The summed E-state index contributed by atoms with van der Waals surface area (Å²) in [4.78, 5) is 11.3. The number of benzene rings is 1. The maximum absolute atomic E-state index is 11.3. The molecule has 3 rings (SSSR count). The number of hydrogen-bond donors (Lipinski definition) is 0. The van der Waals surface area contributed by atoms with Crippen molar-refractivity contribution in [3.05, 3.63) is 23.8 Å². The van der Waals surface area contributed by atoms with Crippen molar-refractivity contribution in [1.29, 1.82) is 0 Å². The van der Waals surface area contributed by atoms with E-state index in [1.165, 1.54) is 12.8 Å². The van der Waals surface area contributed by atoms with Gasteiger partial charge in [0.25, 0.3) is 0 Å². The Morgan fingerprint density at radius 3 is 3.06 bits per heavy atom. The fraction of sp³-hybridized carbons (Fsp3) is 0.462. The summed E-state index contributed by atoms with van der Waals surface area (Å²) in [6.07, 6.45) is 2.55. The molecule has 0 N–H and O–H groups in total. The molecule has 90 valence electrons. The molecule has 17 heavy (non-hydrogen) atoms. The van der Waals surface area contributed by atoms with Crippen LogP contribution < -0.4 is 9.47 Å². The van der Waals surface area contributed by atoms with Gasteiger partial charge in [-0.25, -0.2) is 0 Å². The Hall–Kier alpha value is -1.55. The van der Waals surface area contributed by atoms with E-state index in [1.54, 1.807) is 18.2 Å². The molecule has 0 amide bonds. The highest BCUT2D eigenvalue weighted by Crippen LogP contribution is 2.30. The van der Waals surface area contributed by atoms with Crippen LogP contribution in [-0.2, 0) is 4.74 Å². The molecule has 1 saturated carbocycles. The predicted octanol–water partition coefficient (Wildman–Crippen LogP) is 2.02. The molecular weight excluding hydrogens is 220 g/mol. The van der Waals surface area contributed by atoms with Gasteiger partial charge in [0.2, 0.25) is 5.78 Å². The van der Waals surface area contributed by atoms with E-state index in [4.69, 9.17) is 14.2 Å². The Balaban J connectivity index is 1.54. The lowest BCUT2D eigenvalue weighted by atomic mass is 10.1. The maximum atomic E-state index is 11.3. The average Bonchev–Trinajstić information content (AvgIpc) is 3.10. The van der Waals surface area contributed by atoms with Crippen LogP contribution in [0.3, 0.4) is 0 Å². The van der Waals surface area contributed by atoms with Crippen molar-refractivity contribution in [2.24, 2.45) is 5.92 Å². The number of hydrogen-bond acceptors (Lipinski definition) is 4. The lowest BCUT2D eigenvalue weighted by Gasteiger charge is -2.07. The molecule has 1 heterocycles. The molecule has 0 unspecified atom stereocenters. The topological polar surface area (TPSA) is 44.8 Å². The summed E-state index contributed by atoms with van der Waals surface area (Å²) in [5.41, 5.74) is 0.635. The predicted molar refractivity (Wildman–Crippen MR) is 60.4 cm³/mol. The van der Waals surface area contributed by atoms with E-state index in [0.717, 1.165) is 12.5 Å². The van der Waals surface area contributed by atoms with Crippen LogP contribution in [0.15, 0.2) is 18.2 Å². The first-order valence-electron chi connectivity index (χ1n) is 5.83. The second-order valence-electron chi connectivity index (χ2n) is 4.45. The number of carbonyl (C=O) groups excluding carboxylic acids is 1. The monoisotopic (exact) mass is 234 g/mol. The first-order valence-corrected chi connectivity index (χ1v) is 5.83. The maximum Gasteiger partial charge on any atom is 0.203 e. The Morgan fingerprint density at radius 2 is 2.24 bits per heavy atom. The molecule has 1 aliphatic heterocycles. The summed E-state index contributed by atoms with van der Waals surface area (Å²) in [7, 11) is 0. The van der Waals surface area contributed by atoms with Gasteiger partial charge in [0.05, 0.1) is 12.2 Å². The molecule has 1 fully saturated rings. The second kappa shape index (κ2) is 4.37. The molecule has 0 spiro atoms. The van der Waals surface area contributed by atoms with Crippen molar-refractivity contribution in [1.82, 2.24) is 0 Å². The lowest BCUT2D eigenvalue weighted by molar-refractivity contribution is 0.00989. The number of fused-ring (bicyclic) bond motifs is 1. The van der Waals surface area contributed by atoms with Crippen LogP contribution in [0.5, 0.6) is 11.5 Å². The fourth-order valence-electron chi connectivity index (χ4n) is 1.77. The number of ketones is 1. The van der Waals surface area contributed by atoms with Gasteiger partial charge in [-0.2, -0.15) is 0 Å². The van der Waals surface area contributed by atoms with Crippen molar-refractivity contribution in [3.63, 3.8) is 0 Å². The minimum atomic E-state index is 0.0246. The Morgan fingerprint density at radius 1 is 1.35 bits per heavy atom. The molecule has 4 heteroatoms. The van der Waals surface area contributed by atoms with Gasteiger partial charge in [-0.1, -0.05) is 0 Å². The van der Waals surface area contributed by atoms with Gasteiger partial charge in [-0.05, 0) is 30.9 Å². The van der Waals surface area contributed by atoms with E-state index in [1.807, 2.05) is 0 Å². The molecule has 0 aromatic heterocycles. The van der Waals surface area contributed by atoms with Gasteiger partial charge in [0, 0.05) is 6.07 Å². The summed E-state index contributed by atoms with van der Waals surface area (Å²) >= 11 is 0. The Kier molecular flexibility index (Phi) is 2.73. The first-order chi connectivity index (χ1) is 8.33. The summed E-state index contributed by atoms with van der Waals surface area (Å²) in [5, 5.41) is 0. The number of rotatable bonds is 5. The molecule has 0 bridgehead atoms. The van der Waals surface area contributed by atoms with Crippen molar-refractivity contribution in [2.75, 3.05) is 20.0 Å². The van der Waals surface area contributed by atoms with Crippen LogP contribution in [0.4, 0.5) is 0 Å². The Labute approximate surface area is 99.5 Å². The van der Waals surface area contributed by atoms with Gasteiger partial charge in [0.15, 0.2) is 13.4 Å². The number of carbonyl (C=O) groups is 1. The normalized spacial score (nSPS) is 17.8. The second-order valence-corrected chi connectivity index (χ2v) is 4.45. The number of Topliss-reactive ketones (excluding diaryl/α,β-unsaturated/α-hetero) is 1. The molecule has 1 aromatic rings. The zero-order valence-electron chi connectivity index (χ0n) is 9.48. The molecular formula is C13H14O4. The third kappa shape index (κ3) is 2.42. The first kappa shape index (κ1) is 10.6. The van der Waals surface area contributed by atoms with E-state index in [-0.39, 0.29) is 19.2 Å². The highest BCUT2D eigenvalue weighted by atomic mass is 16.7. The highest BCUT2D eigenvalue weighted by molar-refractivity contribution is 6.02. The molecule has 0 radical (unpaired) electrons. The smallest absolute Gasteiger partial charge is 0.203 e. The van der Waals surface area contributed by atoms with Crippen LogP contribution in [0, 0.1) is 5.92 Å². The van der Waals surface area contributed by atoms with Crippen LogP contribution in [-0.4, -0.2) is 25.8 Å². The molecule has 2 aliphatic rings. The van der Waals surface area contributed by atoms with Crippen LogP contribution in [0.1, 0.15) is 23.2 Å². The molecule has 4 nitrogen and oxygen atoms in total. The van der Waals surface area contributed by atoms with E-state index in [0.29, 0.717) is 17.1 Å². The summed E-state index contributed by atoms with van der Waals surface area (Å²) in [6.45, 7) is 1.17. The van der Waals surface area contributed by atoms with Crippen molar-refractivity contribution in [3.8, 4) is 11.5 Å². The minimum absolute atomic E-state index is 0.0246. The summed E-state index contributed by atoms with van der Waals surface area (Å²) in [6, 6.07) is 5.24. The standard InChI is InChI=1S/C13H14O4/c14-12-7-16-13-5-10(3-4-11(12)13)17-8-15-6-9-1-2-9/h3-5,9H,1-2,6-8H2. The van der Waals surface area contributed by atoms with Crippen molar-refractivity contribution in [2.45, 2.75) is 12.8 Å². The lowest BCUT2D eigenvalue weighted by Crippen LogP contribution is -2.05. The van der Waals surface area contributed by atoms with Gasteiger partial charge in [-0.3, -0.25) is 4.79 Å². The minimum Gasteiger partial charge on any atom is -0.485 e. The zero-order chi connectivity index (χ0) is 11.7. The van der Waals surface area contributed by atoms with Crippen LogP contribution in [0.25, 0.3) is 0 Å². The van der Waals surface area contributed by atoms with E-state index in [2.05, 4.69) is 0 Å². The molecule has 1 aliphatic carbocycles. The Bertz CT molecular complexity index is 437. The zero-order valence-corrected chi connectivity index (χ0v) is 9.48. The summed E-state index contributed by atoms with van der Waals surface area (Å²) < 4.78 is 16.0. The van der Waals surface area contributed by atoms with Crippen LogP contribution in [0.2, 0.25) is 0 Å². The van der Waals surface area contributed by atoms with E-state index < -0.39 is 0 Å². The molecule has 0 atom stereocenters. The van der Waals surface area contributed by atoms with Gasteiger partial charge in [-0.15, -0.1) is 0 Å². The van der Waals surface area contributed by atoms with Crippen LogP contribution >= 0.6 is 0 Å². The molecule has 1 aromatic carbocycles. The van der Waals surface area contributed by atoms with Gasteiger partial charge in [0.1, 0.15) is 11.5 Å². The fourth-order valence-corrected chi connectivity index (χ4v) is 1.77. The quantitative estimate of drug-likeness (QED) is 0.577. The highest BCUT2D eigenvalue weighted by Gasteiger charge is 2.22. The van der Waals surface area contributed by atoms with Crippen molar-refractivity contribution < 1.29 is 19.0 Å². The SMILES string of the molecule is O=C1COc2cc(OCOCC3CC3)ccc21. The third-order valence-corrected chi connectivity index (χ3v) is 2.97. The largest absolute Gasteiger partial charge is 0.485 e.